The van der Waals surface area contributed by atoms with E-state index in [2.05, 4.69) is 24.7 Å². The lowest BCUT2D eigenvalue weighted by molar-refractivity contribution is 0.0671. The van der Waals surface area contributed by atoms with Crippen LogP contribution in [0, 0.1) is 0 Å². The molecule has 132 valence electrons. The highest BCUT2D eigenvalue weighted by Crippen LogP contribution is 2.28. The highest BCUT2D eigenvalue weighted by Gasteiger charge is 2.31. The van der Waals surface area contributed by atoms with Gasteiger partial charge in [-0.1, -0.05) is 30.3 Å². The van der Waals surface area contributed by atoms with Crippen LogP contribution in [0.2, 0.25) is 0 Å². The predicted octanol–water partition coefficient (Wildman–Crippen LogP) is 1.96. The monoisotopic (exact) mass is 350 g/mol. The molecule has 3 heterocycles. The second-order valence-electron chi connectivity index (χ2n) is 6.12. The number of rotatable bonds is 3. The normalized spacial score (nSPS) is 16.2. The fourth-order valence-electron chi connectivity index (χ4n) is 3.24. The number of methoxy groups -OCH3 is 1. The molecule has 0 saturated carbocycles. The summed E-state index contributed by atoms with van der Waals surface area (Å²) in [6.45, 7) is 2.94. The molecule has 4 rings (SSSR count). The molecule has 1 amide bonds. The summed E-state index contributed by atoms with van der Waals surface area (Å²) >= 11 is 0. The first-order valence-electron chi connectivity index (χ1n) is 8.32. The number of ether oxygens (including phenoxy) is 1. The van der Waals surface area contributed by atoms with Crippen molar-refractivity contribution in [3.05, 3.63) is 54.2 Å². The van der Waals surface area contributed by atoms with Crippen molar-refractivity contribution in [2.45, 2.75) is 19.5 Å². The van der Waals surface area contributed by atoms with Gasteiger partial charge in [-0.05, 0) is 6.92 Å². The second kappa shape index (κ2) is 6.55. The van der Waals surface area contributed by atoms with Gasteiger partial charge in [-0.2, -0.15) is 0 Å². The van der Waals surface area contributed by atoms with Crippen LogP contribution in [0.15, 0.2) is 42.7 Å². The zero-order chi connectivity index (χ0) is 18.1. The Kier molecular flexibility index (Phi) is 4.08. The Balaban J connectivity index is 1.65. The molecular formula is C18H18N6O2. The van der Waals surface area contributed by atoms with E-state index >= 15 is 0 Å². The van der Waals surface area contributed by atoms with Gasteiger partial charge in [0.25, 0.3) is 5.91 Å². The first kappa shape index (κ1) is 16.2. The Morgan fingerprint density at radius 3 is 2.69 bits per heavy atom. The molecule has 0 radical (unpaired) electrons. The molecule has 0 N–H and O–H groups in total. The Morgan fingerprint density at radius 2 is 1.92 bits per heavy atom. The van der Waals surface area contributed by atoms with E-state index in [1.807, 2.05) is 37.3 Å². The van der Waals surface area contributed by atoms with Crippen LogP contribution in [0.25, 0.3) is 11.4 Å². The minimum atomic E-state index is -0.225. The van der Waals surface area contributed by atoms with Crippen molar-refractivity contribution in [3.8, 4) is 17.3 Å². The topological polar surface area (TPSA) is 86.0 Å². The van der Waals surface area contributed by atoms with Gasteiger partial charge in [0.05, 0.1) is 19.7 Å². The number of amides is 1. The molecule has 0 bridgehead atoms. The zero-order valence-electron chi connectivity index (χ0n) is 14.5. The maximum absolute atomic E-state index is 12.9. The van der Waals surface area contributed by atoms with Crippen molar-refractivity contribution >= 4 is 5.91 Å². The van der Waals surface area contributed by atoms with Gasteiger partial charge >= 0.3 is 0 Å². The van der Waals surface area contributed by atoms with Gasteiger partial charge in [-0.3, -0.25) is 4.79 Å². The van der Waals surface area contributed by atoms with Gasteiger partial charge in [0.15, 0.2) is 17.3 Å². The number of hydrogen-bond donors (Lipinski definition) is 0. The minimum Gasteiger partial charge on any atom is -0.479 e. The van der Waals surface area contributed by atoms with Crippen LogP contribution in [0.3, 0.4) is 0 Å². The number of carbonyl (C=O) groups is 1. The molecular weight excluding hydrogens is 332 g/mol. The Morgan fingerprint density at radius 1 is 1.15 bits per heavy atom. The number of hydrogen-bond acceptors (Lipinski definition) is 6. The number of aromatic nitrogens is 5. The van der Waals surface area contributed by atoms with Crippen LogP contribution in [0.1, 0.15) is 29.3 Å². The van der Waals surface area contributed by atoms with E-state index in [-0.39, 0.29) is 23.5 Å². The summed E-state index contributed by atoms with van der Waals surface area (Å²) in [5, 5.41) is 8.65. The van der Waals surface area contributed by atoms with E-state index in [4.69, 9.17) is 4.74 Å². The zero-order valence-corrected chi connectivity index (χ0v) is 14.5. The van der Waals surface area contributed by atoms with Crippen molar-refractivity contribution < 1.29 is 9.53 Å². The highest BCUT2D eigenvalue weighted by atomic mass is 16.5. The molecule has 0 spiro atoms. The van der Waals surface area contributed by atoms with E-state index in [0.29, 0.717) is 13.1 Å². The smallest absolute Gasteiger partial charge is 0.278 e. The molecule has 1 aliphatic rings. The molecule has 2 aromatic heterocycles. The average molecular weight is 350 g/mol. The molecule has 0 saturated heterocycles. The van der Waals surface area contributed by atoms with Gasteiger partial charge in [-0.25, -0.2) is 9.97 Å². The third-order valence-corrected chi connectivity index (χ3v) is 4.40. The molecule has 0 unspecified atom stereocenters. The van der Waals surface area contributed by atoms with E-state index in [9.17, 15) is 4.79 Å². The maximum atomic E-state index is 12.9. The Bertz CT molecular complexity index is 940. The van der Waals surface area contributed by atoms with Crippen molar-refractivity contribution in [3.63, 3.8) is 0 Å². The fourth-order valence-corrected chi connectivity index (χ4v) is 3.24. The van der Waals surface area contributed by atoms with Gasteiger partial charge in [-0.15, -0.1) is 10.2 Å². The van der Waals surface area contributed by atoms with Crippen LogP contribution >= 0.6 is 0 Å². The van der Waals surface area contributed by atoms with Crippen LogP contribution in [-0.2, 0) is 6.54 Å². The van der Waals surface area contributed by atoms with Crippen LogP contribution in [0.4, 0.5) is 0 Å². The lowest BCUT2D eigenvalue weighted by atomic mass is 10.1. The first-order valence-corrected chi connectivity index (χ1v) is 8.32. The maximum Gasteiger partial charge on any atom is 0.278 e. The molecule has 8 nitrogen and oxygen atoms in total. The summed E-state index contributed by atoms with van der Waals surface area (Å²) in [5.74, 6) is 1.57. The second-order valence-corrected chi connectivity index (χ2v) is 6.12. The van der Waals surface area contributed by atoms with Crippen LogP contribution in [-0.4, -0.2) is 49.2 Å². The number of fused-ring (bicyclic) bond motifs is 1. The van der Waals surface area contributed by atoms with Gasteiger partial charge in [0, 0.05) is 24.5 Å². The van der Waals surface area contributed by atoms with Crippen LogP contribution < -0.4 is 4.74 Å². The van der Waals surface area contributed by atoms with Crippen LogP contribution in [0.5, 0.6) is 5.88 Å². The Hall–Kier alpha value is -3.29. The summed E-state index contributed by atoms with van der Waals surface area (Å²) in [7, 11) is 1.47. The summed E-state index contributed by atoms with van der Waals surface area (Å²) < 4.78 is 7.25. The quantitative estimate of drug-likeness (QED) is 0.718. The van der Waals surface area contributed by atoms with E-state index in [1.54, 1.807) is 4.90 Å². The number of carbonyl (C=O) groups excluding carboxylic acids is 1. The number of nitrogens with zero attached hydrogens (tertiary/aromatic N) is 6. The molecule has 1 aliphatic heterocycles. The van der Waals surface area contributed by atoms with Crippen molar-refractivity contribution in [2.24, 2.45) is 0 Å². The lowest BCUT2D eigenvalue weighted by Crippen LogP contribution is -2.41. The van der Waals surface area contributed by atoms with Crippen molar-refractivity contribution in [1.29, 1.82) is 0 Å². The molecule has 8 heteroatoms. The van der Waals surface area contributed by atoms with Gasteiger partial charge in [0.1, 0.15) is 0 Å². The van der Waals surface area contributed by atoms with Gasteiger partial charge < -0.3 is 14.2 Å². The fraction of sp³-hybridized carbons (Fsp3) is 0.278. The van der Waals surface area contributed by atoms with E-state index in [0.717, 1.165) is 17.2 Å². The standard InChI is InChI=1S/C18H18N6O2/c1-12-10-23(18(25)15-17(26-2)20-9-8-19-15)11-14-21-22-16(24(12)14)13-6-4-3-5-7-13/h3-9,12H,10-11H2,1-2H3/t12-/m0/s1. The largest absolute Gasteiger partial charge is 0.479 e. The summed E-state index contributed by atoms with van der Waals surface area (Å²) in [6, 6.07) is 9.96. The third-order valence-electron chi connectivity index (χ3n) is 4.40. The third kappa shape index (κ3) is 2.69. The van der Waals surface area contributed by atoms with Gasteiger partial charge in [0.2, 0.25) is 5.88 Å². The van der Waals surface area contributed by atoms with E-state index < -0.39 is 0 Å². The first-order chi connectivity index (χ1) is 12.7. The highest BCUT2D eigenvalue weighted by molar-refractivity contribution is 5.94. The predicted molar refractivity (Wildman–Crippen MR) is 93.5 cm³/mol. The number of benzene rings is 1. The summed E-state index contributed by atoms with van der Waals surface area (Å²) in [4.78, 5) is 22.8. The van der Waals surface area contributed by atoms with Crippen molar-refractivity contribution in [1.82, 2.24) is 29.6 Å². The molecule has 0 fully saturated rings. The average Bonchev–Trinajstić information content (AvgIpc) is 3.12. The molecule has 3 aromatic rings. The molecule has 1 aromatic carbocycles. The molecule has 26 heavy (non-hydrogen) atoms. The van der Waals surface area contributed by atoms with E-state index in [1.165, 1.54) is 19.5 Å². The minimum absolute atomic E-state index is 0.0376. The lowest BCUT2D eigenvalue weighted by Gasteiger charge is -2.32. The Labute approximate surface area is 150 Å². The molecule has 0 aliphatic carbocycles. The summed E-state index contributed by atoms with van der Waals surface area (Å²) in [6.07, 6.45) is 2.98. The SMILES string of the molecule is COc1nccnc1C(=O)N1Cc2nnc(-c3ccccc3)n2[C@@H](C)C1. The van der Waals surface area contributed by atoms with Crippen molar-refractivity contribution in [2.75, 3.05) is 13.7 Å². The summed E-state index contributed by atoms with van der Waals surface area (Å²) in [5.41, 5.74) is 1.21. The molecule has 1 atom stereocenters.